The molecule has 122 valence electrons. The van der Waals surface area contributed by atoms with E-state index >= 15 is 0 Å². The van der Waals surface area contributed by atoms with Crippen LogP contribution in [0.1, 0.15) is 27.0 Å². The van der Waals surface area contributed by atoms with Crippen molar-refractivity contribution in [2.75, 3.05) is 20.3 Å². The van der Waals surface area contributed by atoms with Gasteiger partial charge in [-0.15, -0.1) is 0 Å². The zero-order valence-electron chi connectivity index (χ0n) is 14.1. The van der Waals surface area contributed by atoms with E-state index in [-0.39, 0.29) is 5.91 Å². The summed E-state index contributed by atoms with van der Waals surface area (Å²) in [5, 5.41) is 2.85. The van der Waals surface area contributed by atoms with E-state index < -0.39 is 0 Å². The molecule has 1 amide bonds. The van der Waals surface area contributed by atoms with Crippen LogP contribution in [0.2, 0.25) is 0 Å². The molecule has 0 saturated heterocycles. The molecule has 23 heavy (non-hydrogen) atoms. The number of para-hydroxylation sites is 1. The van der Waals surface area contributed by atoms with Crippen molar-refractivity contribution in [1.29, 1.82) is 0 Å². The highest BCUT2D eigenvalue weighted by Gasteiger charge is 2.10. The lowest BCUT2D eigenvalue weighted by Crippen LogP contribution is -2.28. The predicted molar refractivity (Wildman–Crippen MR) is 91.5 cm³/mol. The van der Waals surface area contributed by atoms with Crippen LogP contribution >= 0.6 is 0 Å². The zero-order chi connectivity index (χ0) is 16.8. The molecule has 0 bridgehead atoms. The van der Waals surface area contributed by atoms with Gasteiger partial charge in [0.2, 0.25) is 0 Å². The second kappa shape index (κ2) is 7.68. The molecule has 2 aromatic carbocycles. The Morgan fingerprint density at radius 3 is 2.43 bits per heavy atom. The molecule has 4 nitrogen and oxygen atoms in total. The molecule has 4 heteroatoms. The van der Waals surface area contributed by atoms with Gasteiger partial charge >= 0.3 is 0 Å². The highest BCUT2D eigenvalue weighted by molar-refractivity contribution is 5.96. The minimum Gasteiger partial charge on any atom is -0.496 e. The van der Waals surface area contributed by atoms with Crippen molar-refractivity contribution in [3.05, 3.63) is 58.7 Å². The van der Waals surface area contributed by atoms with E-state index in [0.29, 0.717) is 24.5 Å². The summed E-state index contributed by atoms with van der Waals surface area (Å²) < 4.78 is 11.0. The van der Waals surface area contributed by atoms with Crippen molar-refractivity contribution in [3.8, 4) is 11.5 Å². The first-order valence-electron chi connectivity index (χ1n) is 7.64. The molecule has 0 saturated carbocycles. The number of methoxy groups -OCH3 is 1. The molecule has 2 rings (SSSR count). The molecule has 0 aliphatic heterocycles. The van der Waals surface area contributed by atoms with Gasteiger partial charge in [-0.05, 0) is 55.7 Å². The van der Waals surface area contributed by atoms with Crippen molar-refractivity contribution in [2.24, 2.45) is 0 Å². The van der Waals surface area contributed by atoms with Crippen molar-refractivity contribution in [2.45, 2.75) is 20.8 Å². The fourth-order valence-corrected chi connectivity index (χ4v) is 2.34. The number of carbonyl (C=O) groups is 1. The number of hydrogen-bond donors (Lipinski definition) is 1. The van der Waals surface area contributed by atoms with Gasteiger partial charge in [-0.25, -0.2) is 0 Å². The van der Waals surface area contributed by atoms with E-state index in [4.69, 9.17) is 9.47 Å². The lowest BCUT2D eigenvalue weighted by atomic mass is 10.1. The molecule has 0 aliphatic rings. The maximum Gasteiger partial charge on any atom is 0.255 e. The number of amides is 1. The SMILES string of the molecule is COc1ccccc1C(=O)NCCOc1cc(C)c(C)cc1C. The van der Waals surface area contributed by atoms with Crippen LogP contribution in [0.25, 0.3) is 0 Å². The largest absolute Gasteiger partial charge is 0.496 e. The molecule has 0 radical (unpaired) electrons. The molecule has 0 aromatic heterocycles. The first-order chi connectivity index (χ1) is 11.0. The fraction of sp³-hybridized carbons (Fsp3) is 0.316. The third-order valence-corrected chi connectivity index (χ3v) is 3.79. The number of rotatable bonds is 6. The van der Waals surface area contributed by atoms with Gasteiger partial charge in [-0.2, -0.15) is 0 Å². The standard InChI is InChI=1S/C19H23NO3/c1-13-11-15(3)18(12-14(13)2)23-10-9-20-19(21)16-7-5-6-8-17(16)22-4/h5-8,11-12H,9-10H2,1-4H3,(H,20,21). The Morgan fingerprint density at radius 2 is 1.70 bits per heavy atom. The molecule has 0 heterocycles. The Labute approximate surface area is 137 Å². The van der Waals surface area contributed by atoms with Crippen LogP contribution in [-0.2, 0) is 0 Å². The van der Waals surface area contributed by atoms with Gasteiger partial charge in [0.1, 0.15) is 18.1 Å². The van der Waals surface area contributed by atoms with E-state index in [1.54, 1.807) is 19.2 Å². The third-order valence-electron chi connectivity index (χ3n) is 3.79. The van der Waals surface area contributed by atoms with E-state index in [1.165, 1.54) is 11.1 Å². The molecular formula is C19H23NO3. The monoisotopic (exact) mass is 313 g/mol. The molecule has 0 fully saturated rings. The first-order valence-corrected chi connectivity index (χ1v) is 7.64. The Morgan fingerprint density at radius 1 is 1.00 bits per heavy atom. The van der Waals surface area contributed by atoms with Crippen molar-refractivity contribution in [1.82, 2.24) is 5.32 Å². The van der Waals surface area contributed by atoms with Crippen LogP contribution in [0.15, 0.2) is 36.4 Å². The first kappa shape index (κ1) is 16.9. The predicted octanol–water partition coefficient (Wildman–Crippen LogP) is 3.43. The summed E-state index contributed by atoms with van der Waals surface area (Å²) >= 11 is 0. The minimum atomic E-state index is -0.164. The van der Waals surface area contributed by atoms with Crippen molar-refractivity contribution in [3.63, 3.8) is 0 Å². The smallest absolute Gasteiger partial charge is 0.255 e. The average molecular weight is 313 g/mol. The lowest BCUT2D eigenvalue weighted by Gasteiger charge is -2.13. The minimum absolute atomic E-state index is 0.164. The van der Waals surface area contributed by atoms with E-state index in [1.807, 2.05) is 25.1 Å². The topological polar surface area (TPSA) is 47.6 Å². The normalized spacial score (nSPS) is 10.3. The summed E-state index contributed by atoms with van der Waals surface area (Å²) in [5.74, 6) is 1.26. The van der Waals surface area contributed by atoms with E-state index in [9.17, 15) is 4.79 Å². The lowest BCUT2D eigenvalue weighted by molar-refractivity contribution is 0.0944. The van der Waals surface area contributed by atoms with Gasteiger partial charge in [0, 0.05) is 0 Å². The molecular weight excluding hydrogens is 290 g/mol. The molecule has 0 aliphatic carbocycles. The Hall–Kier alpha value is -2.49. The number of nitrogens with one attached hydrogen (secondary N) is 1. The molecule has 0 unspecified atom stereocenters. The van der Waals surface area contributed by atoms with Crippen LogP contribution in [0.3, 0.4) is 0 Å². The number of aryl methyl sites for hydroxylation is 3. The van der Waals surface area contributed by atoms with Crippen molar-refractivity contribution >= 4 is 5.91 Å². The third kappa shape index (κ3) is 4.25. The molecule has 1 N–H and O–H groups in total. The Kier molecular flexibility index (Phi) is 5.63. The number of ether oxygens (including phenoxy) is 2. The summed E-state index contributed by atoms with van der Waals surface area (Å²) in [6.07, 6.45) is 0. The van der Waals surface area contributed by atoms with Crippen LogP contribution in [0.5, 0.6) is 11.5 Å². The highest BCUT2D eigenvalue weighted by atomic mass is 16.5. The number of benzene rings is 2. The number of carbonyl (C=O) groups excluding carboxylic acids is 1. The summed E-state index contributed by atoms with van der Waals surface area (Å²) in [5.41, 5.74) is 4.07. The van der Waals surface area contributed by atoms with Gasteiger partial charge < -0.3 is 14.8 Å². The summed E-state index contributed by atoms with van der Waals surface area (Å²) in [4.78, 5) is 12.2. The van der Waals surface area contributed by atoms with E-state index in [0.717, 1.165) is 11.3 Å². The average Bonchev–Trinajstić information content (AvgIpc) is 2.55. The fourth-order valence-electron chi connectivity index (χ4n) is 2.34. The Balaban J connectivity index is 1.88. The van der Waals surface area contributed by atoms with Gasteiger partial charge in [-0.3, -0.25) is 4.79 Å². The van der Waals surface area contributed by atoms with Gasteiger partial charge in [0.05, 0.1) is 19.2 Å². The van der Waals surface area contributed by atoms with E-state index in [2.05, 4.69) is 25.2 Å². The zero-order valence-corrected chi connectivity index (χ0v) is 14.1. The van der Waals surface area contributed by atoms with Gasteiger partial charge in [0.25, 0.3) is 5.91 Å². The summed E-state index contributed by atoms with van der Waals surface area (Å²) in [6.45, 7) is 7.02. The van der Waals surface area contributed by atoms with Gasteiger partial charge in [-0.1, -0.05) is 18.2 Å². The van der Waals surface area contributed by atoms with Gasteiger partial charge in [0.15, 0.2) is 0 Å². The van der Waals surface area contributed by atoms with Crippen LogP contribution < -0.4 is 14.8 Å². The molecule has 0 spiro atoms. The van der Waals surface area contributed by atoms with Crippen LogP contribution in [-0.4, -0.2) is 26.2 Å². The summed E-state index contributed by atoms with van der Waals surface area (Å²) in [7, 11) is 1.55. The maximum atomic E-state index is 12.2. The molecule has 0 atom stereocenters. The highest BCUT2D eigenvalue weighted by Crippen LogP contribution is 2.22. The molecule has 2 aromatic rings. The van der Waals surface area contributed by atoms with Crippen LogP contribution in [0.4, 0.5) is 0 Å². The number of hydrogen-bond acceptors (Lipinski definition) is 3. The quantitative estimate of drug-likeness (QED) is 0.831. The maximum absolute atomic E-state index is 12.2. The van der Waals surface area contributed by atoms with Crippen LogP contribution in [0, 0.1) is 20.8 Å². The second-order valence-electron chi connectivity index (χ2n) is 5.51. The van der Waals surface area contributed by atoms with Crippen molar-refractivity contribution < 1.29 is 14.3 Å². The Bertz CT molecular complexity index is 695. The second-order valence-corrected chi connectivity index (χ2v) is 5.51. The summed E-state index contributed by atoms with van der Waals surface area (Å²) in [6, 6.07) is 11.3.